The van der Waals surface area contributed by atoms with E-state index in [1.807, 2.05) is 0 Å². The van der Waals surface area contributed by atoms with Crippen molar-refractivity contribution in [3.63, 3.8) is 0 Å². The van der Waals surface area contributed by atoms with Crippen molar-refractivity contribution >= 4 is 10.1 Å². The van der Waals surface area contributed by atoms with Crippen molar-refractivity contribution in [3.8, 4) is 0 Å². The summed E-state index contributed by atoms with van der Waals surface area (Å²) in [6.45, 7) is 4.45. The van der Waals surface area contributed by atoms with Crippen LogP contribution in [0.4, 0.5) is 0 Å². The molecule has 0 aliphatic heterocycles. The SMILES string of the molecule is CC(C)C1CCC(S(=O)(=O)[O-])C2CCCCC12.[Na+]. The third-order valence-corrected chi connectivity index (χ3v) is 6.24. The van der Waals surface area contributed by atoms with Gasteiger partial charge in [0.1, 0.15) is 0 Å². The van der Waals surface area contributed by atoms with Crippen LogP contribution in [0.15, 0.2) is 0 Å². The molecule has 2 aliphatic carbocycles. The van der Waals surface area contributed by atoms with E-state index in [4.69, 9.17) is 0 Å². The van der Waals surface area contributed by atoms with Crippen molar-refractivity contribution in [2.75, 3.05) is 0 Å². The van der Waals surface area contributed by atoms with E-state index in [2.05, 4.69) is 13.8 Å². The van der Waals surface area contributed by atoms with Gasteiger partial charge in [-0.3, -0.25) is 0 Å². The molecule has 18 heavy (non-hydrogen) atoms. The first-order valence-corrected chi connectivity index (χ1v) is 8.33. The molecule has 5 heteroatoms. The fourth-order valence-corrected chi connectivity index (χ4v) is 5.34. The first-order valence-electron chi connectivity index (χ1n) is 6.86. The fraction of sp³-hybridized carbons (Fsp3) is 1.00. The molecular formula is C13H23NaO3S. The number of hydrogen-bond acceptors (Lipinski definition) is 3. The Hall–Kier alpha value is 0.910. The van der Waals surface area contributed by atoms with Gasteiger partial charge in [-0.2, -0.15) is 0 Å². The average Bonchev–Trinajstić information content (AvgIpc) is 2.26. The Bertz CT molecular complexity index is 366. The third-order valence-electron chi connectivity index (χ3n) is 4.91. The molecule has 0 amide bonds. The second kappa shape index (κ2) is 6.57. The van der Waals surface area contributed by atoms with E-state index in [1.54, 1.807) is 0 Å². The van der Waals surface area contributed by atoms with Crippen LogP contribution in [0.5, 0.6) is 0 Å². The van der Waals surface area contributed by atoms with Gasteiger partial charge in [-0.25, -0.2) is 8.42 Å². The van der Waals surface area contributed by atoms with Gasteiger partial charge in [0.2, 0.25) is 0 Å². The summed E-state index contributed by atoms with van der Waals surface area (Å²) in [6, 6.07) is 0. The van der Waals surface area contributed by atoms with Gasteiger partial charge in [0.25, 0.3) is 0 Å². The van der Waals surface area contributed by atoms with Crippen LogP contribution in [0.2, 0.25) is 0 Å². The van der Waals surface area contributed by atoms with E-state index in [0.717, 1.165) is 25.7 Å². The molecule has 4 atom stereocenters. The van der Waals surface area contributed by atoms with E-state index in [-0.39, 0.29) is 35.5 Å². The Morgan fingerprint density at radius 2 is 1.56 bits per heavy atom. The summed E-state index contributed by atoms with van der Waals surface area (Å²) in [7, 11) is -4.10. The minimum atomic E-state index is -4.10. The van der Waals surface area contributed by atoms with Crippen LogP contribution in [0, 0.1) is 23.7 Å². The van der Waals surface area contributed by atoms with E-state index in [1.165, 1.54) is 6.42 Å². The molecule has 0 N–H and O–H groups in total. The van der Waals surface area contributed by atoms with Crippen LogP contribution in [-0.4, -0.2) is 18.2 Å². The Morgan fingerprint density at radius 1 is 1.00 bits per heavy atom. The molecular weight excluding hydrogens is 259 g/mol. The van der Waals surface area contributed by atoms with Crippen molar-refractivity contribution in [1.82, 2.24) is 0 Å². The van der Waals surface area contributed by atoms with E-state index in [9.17, 15) is 13.0 Å². The maximum atomic E-state index is 11.4. The van der Waals surface area contributed by atoms with Crippen molar-refractivity contribution in [2.45, 2.75) is 57.6 Å². The summed E-state index contributed by atoms with van der Waals surface area (Å²) in [5.74, 6) is 1.85. The van der Waals surface area contributed by atoms with Gasteiger partial charge in [-0.1, -0.05) is 26.7 Å². The largest absolute Gasteiger partial charge is 1.00 e. The molecule has 0 spiro atoms. The quantitative estimate of drug-likeness (QED) is 0.519. The standard InChI is InChI=1S/C13H24O3S.Na/c1-9(2)10-7-8-13(17(14,15)16)12-6-4-3-5-11(10)12;/h9-13H,3-8H2,1-2H3,(H,14,15,16);/q;+1/p-1. The molecule has 0 saturated heterocycles. The number of fused-ring (bicyclic) bond motifs is 1. The third kappa shape index (κ3) is 3.51. The minimum Gasteiger partial charge on any atom is -0.748 e. The predicted molar refractivity (Wildman–Crippen MR) is 66.5 cm³/mol. The van der Waals surface area contributed by atoms with Crippen molar-refractivity contribution in [1.29, 1.82) is 0 Å². The van der Waals surface area contributed by atoms with Crippen molar-refractivity contribution < 1.29 is 42.5 Å². The van der Waals surface area contributed by atoms with Crippen LogP contribution in [0.3, 0.4) is 0 Å². The predicted octanol–water partition coefficient (Wildman–Crippen LogP) is -0.223. The normalized spacial score (nSPS) is 36.9. The first kappa shape index (κ1) is 17.0. The molecule has 2 aliphatic rings. The van der Waals surface area contributed by atoms with Gasteiger partial charge in [0.05, 0.1) is 15.4 Å². The second-order valence-electron chi connectivity index (χ2n) is 6.13. The van der Waals surface area contributed by atoms with Crippen LogP contribution in [0.1, 0.15) is 52.4 Å². The molecule has 0 aromatic carbocycles. The van der Waals surface area contributed by atoms with Crippen LogP contribution in [0.25, 0.3) is 0 Å². The van der Waals surface area contributed by atoms with E-state index in [0.29, 0.717) is 24.2 Å². The Balaban J connectivity index is 0.00000162. The summed E-state index contributed by atoms with van der Waals surface area (Å²) >= 11 is 0. The van der Waals surface area contributed by atoms with E-state index < -0.39 is 15.4 Å². The smallest absolute Gasteiger partial charge is 0.748 e. The zero-order valence-electron chi connectivity index (χ0n) is 11.8. The van der Waals surface area contributed by atoms with Crippen LogP contribution < -0.4 is 29.6 Å². The summed E-state index contributed by atoms with van der Waals surface area (Å²) < 4.78 is 34.1. The maximum absolute atomic E-state index is 11.4. The van der Waals surface area contributed by atoms with Crippen LogP contribution >= 0.6 is 0 Å². The molecule has 0 radical (unpaired) electrons. The molecule has 2 fully saturated rings. The number of hydrogen-bond donors (Lipinski definition) is 0. The molecule has 0 aromatic rings. The van der Waals surface area contributed by atoms with Crippen LogP contribution in [-0.2, 0) is 10.1 Å². The topological polar surface area (TPSA) is 57.2 Å². The molecule has 0 heterocycles. The molecule has 4 unspecified atom stereocenters. The Labute approximate surface area is 133 Å². The summed E-state index contributed by atoms with van der Waals surface area (Å²) in [4.78, 5) is 0. The molecule has 2 saturated carbocycles. The molecule has 0 aromatic heterocycles. The van der Waals surface area contributed by atoms with Gasteiger partial charge >= 0.3 is 29.6 Å². The fourth-order valence-electron chi connectivity index (χ4n) is 4.15. The molecule has 2 rings (SSSR count). The monoisotopic (exact) mass is 282 g/mol. The van der Waals surface area contributed by atoms with Gasteiger partial charge in [-0.15, -0.1) is 0 Å². The summed E-state index contributed by atoms with van der Waals surface area (Å²) in [6.07, 6.45) is 5.88. The van der Waals surface area contributed by atoms with Gasteiger partial charge in [0.15, 0.2) is 0 Å². The Kier molecular flexibility index (Phi) is 6.20. The molecule has 3 nitrogen and oxygen atoms in total. The summed E-state index contributed by atoms with van der Waals surface area (Å²) in [5.41, 5.74) is 0. The van der Waals surface area contributed by atoms with Gasteiger partial charge < -0.3 is 4.55 Å². The Morgan fingerprint density at radius 3 is 2.06 bits per heavy atom. The van der Waals surface area contributed by atoms with E-state index >= 15 is 0 Å². The average molecular weight is 282 g/mol. The molecule has 0 bridgehead atoms. The van der Waals surface area contributed by atoms with Crippen molar-refractivity contribution in [2.24, 2.45) is 23.7 Å². The maximum Gasteiger partial charge on any atom is 1.00 e. The van der Waals surface area contributed by atoms with Gasteiger partial charge in [-0.05, 0) is 49.4 Å². The van der Waals surface area contributed by atoms with Crippen molar-refractivity contribution in [3.05, 3.63) is 0 Å². The minimum absolute atomic E-state index is 0. The first-order chi connectivity index (χ1) is 7.91. The number of rotatable bonds is 2. The molecule has 100 valence electrons. The summed E-state index contributed by atoms with van der Waals surface area (Å²) in [5, 5.41) is -0.595. The zero-order valence-corrected chi connectivity index (χ0v) is 14.6. The second-order valence-corrected chi connectivity index (χ2v) is 7.72. The zero-order chi connectivity index (χ0) is 12.6. The van der Waals surface area contributed by atoms with Gasteiger partial charge in [0, 0.05) is 0 Å².